The third-order valence-electron chi connectivity index (χ3n) is 4.48. The number of halogens is 1. The number of benzene rings is 2. The summed E-state index contributed by atoms with van der Waals surface area (Å²) in [4.78, 5) is 14.8. The van der Waals surface area contributed by atoms with E-state index in [1.54, 1.807) is 0 Å². The van der Waals surface area contributed by atoms with E-state index in [0.29, 0.717) is 19.8 Å². The van der Waals surface area contributed by atoms with E-state index in [0.717, 1.165) is 21.2 Å². The molecule has 4 rings (SSSR count). The number of nitrogens with zero attached hydrogens (tertiary/aromatic N) is 1. The summed E-state index contributed by atoms with van der Waals surface area (Å²) < 4.78 is 6.73. The van der Waals surface area contributed by atoms with Gasteiger partial charge in [0.1, 0.15) is 0 Å². The van der Waals surface area contributed by atoms with Crippen molar-refractivity contribution in [3.8, 4) is 0 Å². The zero-order valence-corrected chi connectivity index (χ0v) is 13.9. The predicted octanol–water partition coefficient (Wildman–Crippen LogP) is 3.98. The van der Waals surface area contributed by atoms with Crippen molar-refractivity contribution in [2.45, 2.75) is 26.1 Å². The van der Waals surface area contributed by atoms with E-state index in [1.165, 1.54) is 11.1 Å². The first-order chi connectivity index (χ1) is 10.6. The van der Waals surface area contributed by atoms with E-state index in [1.807, 2.05) is 30.0 Å². The fourth-order valence-corrected chi connectivity index (χ4v) is 4.09. The van der Waals surface area contributed by atoms with E-state index in [-0.39, 0.29) is 11.9 Å². The van der Waals surface area contributed by atoms with Crippen LogP contribution in [0, 0.1) is 6.92 Å². The van der Waals surface area contributed by atoms with Crippen LogP contribution in [-0.4, -0.2) is 17.4 Å². The standard InChI is InChI=1S/C18H16BrNO2/c1-11-6-14-15(16(19)7-11)8-20(18(14)21)17-10-22-9-12-4-2-3-5-13(12)17/h2-7,17H,8-10H2,1H3. The average molecular weight is 358 g/mol. The van der Waals surface area contributed by atoms with Crippen molar-refractivity contribution < 1.29 is 9.53 Å². The van der Waals surface area contributed by atoms with Crippen molar-refractivity contribution in [2.24, 2.45) is 0 Å². The topological polar surface area (TPSA) is 29.5 Å². The molecule has 0 radical (unpaired) electrons. The lowest BCUT2D eigenvalue weighted by Crippen LogP contribution is -2.34. The van der Waals surface area contributed by atoms with Crippen LogP contribution >= 0.6 is 15.9 Å². The molecule has 0 saturated heterocycles. The second kappa shape index (κ2) is 5.21. The number of aryl methyl sites for hydroxylation is 1. The van der Waals surface area contributed by atoms with Crippen LogP contribution in [0.5, 0.6) is 0 Å². The van der Waals surface area contributed by atoms with E-state index in [9.17, 15) is 4.79 Å². The van der Waals surface area contributed by atoms with Crippen molar-refractivity contribution in [2.75, 3.05) is 6.61 Å². The summed E-state index contributed by atoms with van der Waals surface area (Å²) in [6.07, 6.45) is 0. The normalized spacial score (nSPS) is 20.0. The fourth-order valence-electron chi connectivity index (χ4n) is 3.39. The Balaban J connectivity index is 1.75. The molecule has 0 fully saturated rings. The molecule has 0 aliphatic carbocycles. The Morgan fingerprint density at radius 3 is 2.95 bits per heavy atom. The monoisotopic (exact) mass is 357 g/mol. The summed E-state index contributed by atoms with van der Waals surface area (Å²) >= 11 is 3.60. The minimum Gasteiger partial charge on any atom is -0.374 e. The number of rotatable bonds is 1. The zero-order valence-electron chi connectivity index (χ0n) is 12.3. The number of fused-ring (bicyclic) bond motifs is 2. The molecule has 4 heteroatoms. The van der Waals surface area contributed by atoms with E-state index in [2.05, 4.69) is 34.1 Å². The smallest absolute Gasteiger partial charge is 0.255 e. The van der Waals surface area contributed by atoms with Crippen LogP contribution in [0.15, 0.2) is 40.9 Å². The predicted molar refractivity (Wildman–Crippen MR) is 87.6 cm³/mol. The van der Waals surface area contributed by atoms with Crippen LogP contribution in [0.1, 0.15) is 38.7 Å². The van der Waals surface area contributed by atoms with Crippen LogP contribution in [0.2, 0.25) is 0 Å². The summed E-state index contributed by atoms with van der Waals surface area (Å²) in [5.41, 5.74) is 5.38. The first-order valence-corrected chi connectivity index (χ1v) is 8.20. The number of ether oxygens (including phenoxy) is 1. The van der Waals surface area contributed by atoms with Gasteiger partial charge < -0.3 is 9.64 Å². The molecule has 2 aromatic rings. The van der Waals surface area contributed by atoms with Gasteiger partial charge in [0.05, 0.1) is 19.3 Å². The maximum Gasteiger partial charge on any atom is 0.255 e. The third kappa shape index (κ3) is 2.09. The van der Waals surface area contributed by atoms with Crippen LogP contribution in [0.25, 0.3) is 0 Å². The maximum atomic E-state index is 12.9. The van der Waals surface area contributed by atoms with Crippen LogP contribution < -0.4 is 0 Å². The van der Waals surface area contributed by atoms with E-state index < -0.39 is 0 Å². The highest BCUT2D eigenvalue weighted by Crippen LogP contribution is 2.38. The molecular formula is C18H16BrNO2. The molecule has 0 spiro atoms. The van der Waals surface area contributed by atoms with E-state index in [4.69, 9.17) is 4.74 Å². The van der Waals surface area contributed by atoms with Crippen molar-refractivity contribution >= 4 is 21.8 Å². The summed E-state index contributed by atoms with van der Waals surface area (Å²) in [5.74, 6) is 0.102. The molecule has 22 heavy (non-hydrogen) atoms. The van der Waals surface area contributed by atoms with Gasteiger partial charge >= 0.3 is 0 Å². The van der Waals surface area contributed by atoms with Gasteiger partial charge in [0, 0.05) is 16.6 Å². The van der Waals surface area contributed by atoms with Gasteiger partial charge in [-0.15, -0.1) is 0 Å². The van der Waals surface area contributed by atoms with Gasteiger partial charge in [-0.3, -0.25) is 4.79 Å². The molecule has 0 bridgehead atoms. The van der Waals surface area contributed by atoms with Gasteiger partial charge in [-0.2, -0.15) is 0 Å². The zero-order chi connectivity index (χ0) is 15.3. The van der Waals surface area contributed by atoms with Gasteiger partial charge in [-0.05, 0) is 41.3 Å². The number of carbonyl (C=O) groups excluding carboxylic acids is 1. The molecule has 0 N–H and O–H groups in total. The lowest BCUT2D eigenvalue weighted by atomic mass is 9.98. The Morgan fingerprint density at radius 1 is 1.27 bits per heavy atom. The SMILES string of the molecule is Cc1cc(Br)c2c(c1)C(=O)N(C1COCc3ccccc31)C2. The summed E-state index contributed by atoms with van der Waals surface area (Å²) in [6, 6.07) is 12.3. The van der Waals surface area contributed by atoms with Crippen molar-refractivity contribution in [3.63, 3.8) is 0 Å². The number of carbonyl (C=O) groups is 1. The molecule has 0 aromatic heterocycles. The third-order valence-corrected chi connectivity index (χ3v) is 5.19. The average Bonchev–Trinajstić information content (AvgIpc) is 2.84. The second-order valence-corrected chi connectivity index (χ2v) is 6.79. The molecule has 1 unspecified atom stereocenters. The van der Waals surface area contributed by atoms with Gasteiger partial charge in [-0.25, -0.2) is 0 Å². The lowest BCUT2D eigenvalue weighted by Gasteiger charge is -2.33. The summed E-state index contributed by atoms with van der Waals surface area (Å²) in [6.45, 7) is 3.84. The van der Waals surface area contributed by atoms with Gasteiger partial charge in [0.25, 0.3) is 5.91 Å². The van der Waals surface area contributed by atoms with Crippen molar-refractivity contribution in [1.29, 1.82) is 0 Å². The molecule has 2 heterocycles. The highest BCUT2D eigenvalue weighted by molar-refractivity contribution is 9.10. The Hall–Kier alpha value is -1.65. The number of hydrogen-bond acceptors (Lipinski definition) is 2. The molecular weight excluding hydrogens is 342 g/mol. The first-order valence-electron chi connectivity index (χ1n) is 7.40. The quantitative estimate of drug-likeness (QED) is 0.772. The Labute approximate surface area is 138 Å². The molecule has 2 aliphatic heterocycles. The van der Waals surface area contributed by atoms with Crippen LogP contribution in [0.3, 0.4) is 0 Å². The first kappa shape index (κ1) is 14.0. The van der Waals surface area contributed by atoms with Gasteiger partial charge in [-0.1, -0.05) is 40.2 Å². The van der Waals surface area contributed by atoms with Crippen molar-refractivity contribution in [3.05, 3.63) is 68.7 Å². The highest BCUT2D eigenvalue weighted by atomic mass is 79.9. The van der Waals surface area contributed by atoms with Gasteiger partial charge in [0.15, 0.2) is 0 Å². The molecule has 2 aliphatic rings. The molecule has 2 aromatic carbocycles. The largest absolute Gasteiger partial charge is 0.374 e. The second-order valence-electron chi connectivity index (χ2n) is 5.94. The molecule has 112 valence electrons. The minimum absolute atomic E-state index is 0.00273. The van der Waals surface area contributed by atoms with Crippen molar-refractivity contribution in [1.82, 2.24) is 4.90 Å². The summed E-state index contributed by atoms with van der Waals surface area (Å²) in [5, 5.41) is 0. The van der Waals surface area contributed by atoms with Gasteiger partial charge in [0.2, 0.25) is 0 Å². The highest BCUT2D eigenvalue weighted by Gasteiger charge is 2.36. The number of hydrogen-bond donors (Lipinski definition) is 0. The van der Waals surface area contributed by atoms with Crippen LogP contribution in [-0.2, 0) is 17.9 Å². The Bertz CT molecular complexity index is 772. The Kier molecular flexibility index (Phi) is 3.31. The fraction of sp³-hybridized carbons (Fsp3) is 0.278. The van der Waals surface area contributed by atoms with E-state index >= 15 is 0 Å². The molecule has 1 atom stereocenters. The molecule has 0 saturated carbocycles. The maximum absolute atomic E-state index is 12.9. The lowest BCUT2D eigenvalue weighted by molar-refractivity contribution is 0.0283. The molecule has 1 amide bonds. The van der Waals surface area contributed by atoms with Crippen LogP contribution in [0.4, 0.5) is 0 Å². The Morgan fingerprint density at radius 2 is 2.09 bits per heavy atom. The minimum atomic E-state index is -0.00273. The molecule has 3 nitrogen and oxygen atoms in total. The summed E-state index contributed by atoms with van der Waals surface area (Å²) in [7, 11) is 0. The number of amides is 1.